The van der Waals surface area contributed by atoms with Crippen molar-refractivity contribution < 1.29 is 43.3 Å². The summed E-state index contributed by atoms with van der Waals surface area (Å²) in [5.41, 5.74) is 20.4. The summed E-state index contributed by atoms with van der Waals surface area (Å²) in [5.74, 6) is -4.05. The molecule has 0 unspecified atom stereocenters. The Bertz CT molecular complexity index is 2150. The highest BCUT2D eigenvalue weighted by Crippen LogP contribution is 2.40. The van der Waals surface area contributed by atoms with E-state index in [1.54, 1.807) is 55.5 Å². The van der Waals surface area contributed by atoms with E-state index in [1.165, 1.54) is 26.1 Å². The van der Waals surface area contributed by atoms with Crippen molar-refractivity contribution in [3.63, 3.8) is 0 Å². The molecule has 0 aliphatic carbocycles. The van der Waals surface area contributed by atoms with Crippen LogP contribution in [0.1, 0.15) is 52.0 Å². The minimum Gasteiger partial charge on any atom is -0.492 e. The maximum absolute atomic E-state index is 14.5. The van der Waals surface area contributed by atoms with E-state index in [-0.39, 0.29) is 63.4 Å². The van der Waals surface area contributed by atoms with Gasteiger partial charge in [-0.15, -0.1) is 0 Å². The first-order valence-corrected chi connectivity index (χ1v) is 19.2. The minimum atomic E-state index is -1.44. The van der Waals surface area contributed by atoms with Gasteiger partial charge in [-0.1, -0.05) is 29.8 Å². The molecule has 3 aromatic carbocycles. The molecule has 0 fully saturated rings. The van der Waals surface area contributed by atoms with Crippen LogP contribution in [0.3, 0.4) is 0 Å². The van der Waals surface area contributed by atoms with Crippen LogP contribution >= 0.6 is 0 Å². The molecule has 0 radical (unpaired) electrons. The van der Waals surface area contributed by atoms with Gasteiger partial charge in [-0.25, -0.2) is 4.79 Å². The lowest BCUT2D eigenvalue weighted by molar-refractivity contribution is -0.141. The number of amides is 5. The molecule has 1 aliphatic rings. The van der Waals surface area contributed by atoms with Crippen molar-refractivity contribution in [3.05, 3.63) is 88.5 Å². The van der Waals surface area contributed by atoms with Gasteiger partial charge in [0.05, 0.1) is 6.07 Å². The number of carbonyl (C=O) groups excluding carboxylic acids is 5. The van der Waals surface area contributed by atoms with Gasteiger partial charge in [0, 0.05) is 49.3 Å². The molecule has 0 saturated carbocycles. The van der Waals surface area contributed by atoms with Crippen molar-refractivity contribution in [2.24, 2.45) is 17.2 Å². The summed E-state index contributed by atoms with van der Waals surface area (Å²) in [5, 5.41) is 28.9. The molecule has 0 saturated heterocycles. The molecule has 4 rings (SSSR count). The Morgan fingerprint density at radius 1 is 0.950 bits per heavy atom. The number of hydrogen-bond acceptors (Lipinski definition) is 12. The third-order valence-corrected chi connectivity index (χ3v) is 9.47. The second-order valence-corrected chi connectivity index (χ2v) is 13.9. The average molecular weight is 826 g/mol. The number of nitrogens with two attached hydrogens (primary N) is 3. The van der Waals surface area contributed by atoms with Gasteiger partial charge in [0.1, 0.15) is 55.4 Å². The second kappa shape index (κ2) is 21.8. The zero-order valence-electron chi connectivity index (χ0n) is 33.7. The number of benzene rings is 3. The molecule has 1 aliphatic heterocycles. The van der Waals surface area contributed by atoms with E-state index in [1.807, 2.05) is 6.07 Å². The second-order valence-electron chi connectivity index (χ2n) is 13.9. The largest absolute Gasteiger partial charge is 0.492 e. The molecule has 3 aromatic rings. The lowest BCUT2D eigenvalue weighted by atomic mass is 9.93. The fourth-order valence-corrected chi connectivity index (χ4v) is 6.55. The molecule has 4 bridgehead atoms. The quantitative estimate of drug-likeness (QED) is 0.0712. The Morgan fingerprint density at radius 2 is 1.62 bits per heavy atom. The number of carboxylic acids is 1. The van der Waals surface area contributed by atoms with Crippen molar-refractivity contribution in [1.29, 1.82) is 5.26 Å². The Labute approximate surface area is 347 Å². The maximum Gasteiger partial charge on any atom is 0.328 e. The van der Waals surface area contributed by atoms with Gasteiger partial charge in [-0.3, -0.25) is 24.0 Å². The summed E-state index contributed by atoms with van der Waals surface area (Å²) in [6, 6.07) is 11.5. The van der Waals surface area contributed by atoms with Crippen LogP contribution in [-0.2, 0) is 30.4 Å². The third kappa shape index (κ3) is 11.9. The predicted octanol–water partition coefficient (Wildman–Crippen LogP) is 0.267. The molecular formula is C42H51N9O9. The number of carbonyl (C=O) groups is 6. The van der Waals surface area contributed by atoms with Crippen LogP contribution in [0, 0.1) is 18.3 Å². The first-order valence-electron chi connectivity index (χ1n) is 19.2. The third-order valence-electron chi connectivity index (χ3n) is 9.47. The molecule has 318 valence electrons. The van der Waals surface area contributed by atoms with Crippen molar-refractivity contribution in [1.82, 2.24) is 26.2 Å². The fraction of sp³-hybridized carbons (Fsp3) is 0.357. The lowest BCUT2D eigenvalue weighted by Gasteiger charge is -2.32. The van der Waals surface area contributed by atoms with E-state index in [9.17, 15) is 33.9 Å². The van der Waals surface area contributed by atoms with Gasteiger partial charge in [0.2, 0.25) is 23.6 Å². The molecule has 4 atom stereocenters. The molecule has 60 heavy (non-hydrogen) atoms. The zero-order chi connectivity index (χ0) is 43.9. The van der Waals surface area contributed by atoms with Gasteiger partial charge in [0.25, 0.3) is 5.91 Å². The zero-order valence-corrected chi connectivity index (χ0v) is 33.7. The number of fused-ring (bicyclic) bond motifs is 5. The van der Waals surface area contributed by atoms with Gasteiger partial charge in [0.15, 0.2) is 0 Å². The summed E-state index contributed by atoms with van der Waals surface area (Å²) in [7, 11) is 1.37. The monoisotopic (exact) mass is 825 g/mol. The number of aryl methyl sites for hydroxylation is 1. The number of rotatable bonds is 16. The topological polar surface area (TPSA) is 294 Å². The van der Waals surface area contributed by atoms with Crippen molar-refractivity contribution in [2.75, 3.05) is 46.4 Å². The SMILES string of the molecule is Cc1ccc(C(=O)N[C@@H](CCN)C(=O)N(C)[C@@H]2C(=O)N[C@@H](C)C(=O)N[C@H](C(=O)NCC#N)Cc3ccc(OCCN)c(c3)-c3cc2ccc3OCCN)c(/C=C/C(=O)O)c1. The summed E-state index contributed by atoms with van der Waals surface area (Å²) < 4.78 is 12.1. The highest BCUT2D eigenvalue weighted by atomic mass is 16.5. The van der Waals surface area contributed by atoms with Crippen LogP contribution in [0.4, 0.5) is 0 Å². The standard InChI is InChI=1S/C42H51N9O9/c1-24-4-8-29(27(20-24)7-11-36(52)53)39(55)49-32(12-13-43)42(58)51(3)37-28-6-10-35(60-19-16-46)31(23-28)30-21-26(5-9-34(30)59-18-15-45)22-33(40(56)47-17-14-44)50-38(54)25(2)48-41(37)57/h4-11,20-21,23,25,32-33,37H,12-13,15-19,22,43,45-46H2,1-3H3,(H,47,56)(H,48,57)(H,49,55)(H,50,54)(H,52,53)/b11-7+/t25-,32-,33-,37-/m0/s1. The summed E-state index contributed by atoms with van der Waals surface area (Å²) in [4.78, 5) is 82.0. The molecule has 18 nitrogen and oxygen atoms in total. The van der Waals surface area contributed by atoms with Crippen LogP contribution in [-0.4, -0.2) is 110 Å². The molecule has 18 heteroatoms. The smallest absolute Gasteiger partial charge is 0.328 e. The average Bonchev–Trinajstić information content (AvgIpc) is 3.22. The van der Waals surface area contributed by atoms with Crippen LogP contribution in [0.2, 0.25) is 0 Å². The Balaban J connectivity index is 1.88. The number of aliphatic carboxylic acids is 1. The predicted molar refractivity (Wildman–Crippen MR) is 221 cm³/mol. The van der Waals surface area contributed by atoms with Crippen molar-refractivity contribution in [2.45, 2.75) is 50.9 Å². The van der Waals surface area contributed by atoms with E-state index < -0.39 is 59.7 Å². The Kier molecular flexibility index (Phi) is 16.7. The summed E-state index contributed by atoms with van der Waals surface area (Å²) in [6.45, 7) is 3.44. The minimum absolute atomic E-state index is 0.0133. The fourth-order valence-electron chi connectivity index (χ4n) is 6.55. The number of likely N-dealkylation sites (N-methyl/N-ethyl adjacent to an activating group) is 1. The van der Waals surface area contributed by atoms with Gasteiger partial charge >= 0.3 is 5.97 Å². The normalized spacial score (nSPS) is 16.9. The van der Waals surface area contributed by atoms with E-state index >= 15 is 0 Å². The van der Waals surface area contributed by atoms with Gasteiger partial charge in [-0.2, -0.15) is 5.26 Å². The van der Waals surface area contributed by atoms with Crippen LogP contribution in [0.15, 0.2) is 60.7 Å². The maximum atomic E-state index is 14.5. The summed E-state index contributed by atoms with van der Waals surface area (Å²) >= 11 is 0. The van der Waals surface area contributed by atoms with Gasteiger partial charge < -0.3 is 57.9 Å². The van der Waals surface area contributed by atoms with Crippen LogP contribution in [0.5, 0.6) is 11.5 Å². The van der Waals surface area contributed by atoms with Crippen molar-refractivity contribution >= 4 is 41.6 Å². The number of carboxylic acid groups (broad SMARTS) is 1. The Morgan fingerprint density at radius 3 is 2.25 bits per heavy atom. The number of nitrogens with zero attached hydrogens (tertiary/aromatic N) is 2. The summed E-state index contributed by atoms with van der Waals surface area (Å²) in [6.07, 6.45) is 2.10. The van der Waals surface area contributed by atoms with E-state index in [0.29, 0.717) is 33.8 Å². The van der Waals surface area contributed by atoms with Crippen LogP contribution < -0.4 is 47.9 Å². The molecule has 11 N–H and O–H groups in total. The molecule has 1 heterocycles. The molecular weight excluding hydrogens is 775 g/mol. The molecule has 0 aromatic heterocycles. The number of nitrogens with one attached hydrogen (secondary N) is 4. The van der Waals surface area contributed by atoms with E-state index in [0.717, 1.165) is 16.5 Å². The highest BCUT2D eigenvalue weighted by molar-refractivity contribution is 6.02. The van der Waals surface area contributed by atoms with E-state index in [2.05, 4.69) is 21.3 Å². The number of ether oxygens (including phenoxy) is 2. The first-order chi connectivity index (χ1) is 28.7. The van der Waals surface area contributed by atoms with E-state index in [4.69, 9.17) is 31.9 Å². The Hall–Kier alpha value is -6.81. The van der Waals surface area contributed by atoms with Gasteiger partial charge in [-0.05, 0) is 79.9 Å². The first kappa shape index (κ1) is 45.9. The van der Waals surface area contributed by atoms with Crippen molar-refractivity contribution in [3.8, 4) is 28.7 Å². The molecule has 0 spiro atoms. The number of hydrogen-bond donors (Lipinski definition) is 8. The lowest BCUT2D eigenvalue weighted by Crippen LogP contribution is -2.56. The van der Waals surface area contributed by atoms with Crippen LogP contribution in [0.25, 0.3) is 17.2 Å². The number of nitriles is 1. The molecule has 5 amide bonds. The highest BCUT2D eigenvalue weighted by Gasteiger charge is 2.36.